The van der Waals surface area contributed by atoms with E-state index < -0.39 is 6.10 Å². The smallest absolute Gasteiger partial charge is 0.287 e. The number of likely N-dealkylation sites (tertiary alicyclic amines) is 1. The third kappa shape index (κ3) is 4.61. The Kier molecular flexibility index (Phi) is 5.63. The van der Waals surface area contributed by atoms with Crippen molar-refractivity contribution in [2.45, 2.75) is 25.9 Å². The molecule has 2 rings (SSSR count). The molecule has 1 saturated heterocycles. The van der Waals surface area contributed by atoms with Gasteiger partial charge in [-0.3, -0.25) is 4.79 Å². The van der Waals surface area contributed by atoms with Gasteiger partial charge in [-0.15, -0.1) is 0 Å². The van der Waals surface area contributed by atoms with Crippen LogP contribution in [-0.2, 0) is 0 Å². The second-order valence-electron chi connectivity index (χ2n) is 5.45. The maximum atomic E-state index is 11.7. The van der Waals surface area contributed by atoms with E-state index in [-0.39, 0.29) is 18.2 Å². The van der Waals surface area contributed by atoms with E-state index in [4.69, 9.17) is 4.42 Å². The van der Waals surface area contributed by atoms with Crippen molar-refractivity contribution in [2.24, 2.45) is 5.92 Å². The summed E-state index contributed by atoms with van der Waals surface area (Å²) in [6.07, 6.45) is 1.81. The molecule has 0 bridgehead atoms. The monoisotopic (exact) mass is 344 g/mol. The van der Waals surface area contributed by atoms with Gasteiger partial charge in [-0.05, 0) is 59.9 Å². The second kappa shape index (κ2) is 7.24. The lowest BCUT2D eigenvalue weighted by Crippen LogP contribution is -2.43. The highest BCUT2D eigenvalue weighted by Gasteiger charge is 2.19. The number of nitrogens with one attached hydrogen (secondary N) is 1. The summed E-state index contributed by atoms with van der Waals surface area (Å²) in [5.41, 5.74) is 0. The second-order valence-corrected chi connectivity index (χ2v) is 6.23. The molecule has 1 fully saturated rings. The van der Waals surface area contributed by atoms with E-state index in [1.807, 2.05) is 0 Å². The van der Waals surface area contributed by atoms with Crippen LogP contribution in [0.1, 0.15) is 30.3 Å². The van der Waals surface area contributed by atoms with Crippen molar-refractivity contribution in [3.63, 3.8) is 0 Å². The molecule has 0 aromatic carbocycles. The number of rotatable bonds is 5. The quantitative estimate of drug-likeness (QED) is 0.855. The highest BCUT2D eigenvalue weighted by Crippen LogP contribution is 2.16. The molecule has 0 radical (unpaired) electrons. The van der Waals surface area contributed by atoms with Gasteiger partial charge in [0.1, 0.15) is 0 Å². The van der Waals surface area contributed by atoms with Gasteiger partial charge in [-0.25, -0.2) is 0 Å². The predicted molar refractivity (Wildman–Crippen MR) is 79.6 cm³/mol. The van der Waals surface area contributed by atoms with Crippen LogP contribution in [0.5, 0.6) is 0 Å². The average Bonchev–Trinajstić information content (AvgIpc) is 2.85. The van der Waals surface area contributed by atoms with Gasteiger partial charge in [0, 0.05) is 13.1 Å². The number of hydrogen-bond donors (Lipinski definition) is 2. The molecule has 1 atom stereocenters. The third-order valence-corrected chi connectivity index (χ3v) is 4.07. The summed E-state index contributed by atoms with van der Waals surface area (Å²) >= 11 is 3.15. The minimum absolute atomic E-state index is 0.239. The molecule has 2 heterocycles. The van der Waals surface area contributed by atoms with Gasteiger partial charge in [0.2, 0.25) is 0 Å². The number of carbonyl (C=O) groups is 1. The van der Waals surface area contributed by atoms with Crippen molar-refractivity contribution in [1.82, 2.24) is 10.2 Å². The van der Waals surface area contributed by atoms with E-state index in [2.05, 4.69) is 33.1 Å². The normalized spacial score (nSPS) is 18.9. The first-order valence-corrected chi connectivity index (χ1v) is 7.78. The molecule has 0 spiro atoms. The largest absolute Gasteiger partial charge is 0.444 e. The van der Waals surface area contributed by atoms with Gasteiger partial charge < -0.3 is 19.7 Å². The number of halogens is 1. The van der Waals surface area contributed by atoms with Crippen LogP contribution in [0.3, 0.4) is 0 Å². The highest BCUT2D eigenvalue weighted by atomic mass is 79.9. The topological polar surface area (TPSA) is 65.7 Å². The van der Waals surface area contributed by atoms with Gasteiger partial charge in [-0.2, -0.15) is 0 Å². The Labute approximate surface area is 127 Å². The standard InChI is InChI=1S/C14H21BrN2O3/c1-10-4-6-17(7-5-10)9-11(18)8-16-14(19)12-2-3-13(15)20-12/h2-3,10-11,18H,4-9H2,1H3,(H,16,19)/t11-/m1/s1. The summed E-state index contributed by atoms with van der Waals surface area (Å²) in [5, 5.41) is 12.7. The van der Waals surface area contributed by atoms with Crippen molar-refractivity contribution >= 4 is 21.8 Å². The number of hydrogen-bond acceptors (Lipinski definition) is 4. The number of carbonyl (C=O) groups excluding carboxylic acids is 1. The lowest BCUT2D eigenvalue weighted by molar-refractivity contribution is 0.0779. The van der Waals surface area contributed by atoms with Crippen LogP contribution in [0.2, 0.25) is 0 Å². The van der Waals surface area contributed by atoms with E-state index in [1.165, 1.54) is 12.8 Å². The van der Waals surface area contributed by atoms with Crippen molar-refractivity contribution in [3.05, 3.63) is 22.6 Å². The Morgan fingerprint density at radius 1 is 1.55 bits per heavy atom. The summed E-state index contributed by atoms with van der Waals surface area (Å²) in [6.45, 7) is 5.15. The fourth-order valence-corrected chi connectivity index (χ4v) is 2.65. The van der Waals surface area contributed by atoms with Crippen LogP contribution in [0.4, 0.5) is 0 Å². The first kappa shape index (κ1) is 15.5. The maximum absolute atomic E-state index is 11.7. The van der Waals surface area contributed by atoms with E-state index in [9.17, 15) is 9.90 Å². The molecule has 2 N–H and O–H groups in total. The lowest BCUT2D eigenvalue weighted by Gasteiger charge is -2.31. The van der Waals surface area contributed by atoms with E-state index in [1.54, 1.807) is 12.1 Å². The van der Waals surface area contributed by atoms with Gasteiger partial charge in [0.15, 0.2) is 10.4 Å². The number of furan rings is 1. The first-order chi connectivity index (χ1) is 9.54. The molecule has 5 nitrogen and oxygen atoms in total. The third-order valence-electron chi connectivity index (χ3n) is 3.64. The molecule has 1 aliphatic heterocycles. The van der Waals surface area contributed by atoms with Gasteiger partial charge >= 0.3 is 0 Å². The Balaban J connectivity index is 1.69. The number of piperidine rings is 1. The van der Waals surface area contributed by atoms with Gasteiger partial charge in [-0.1, -0.05) is 6.92 Å². The number of aliphatic hydroxyl groups excluding tert-OH is 1. The molecular weight excluding hydrogens is 324 g/mol. The maximum Gasteiger partial charge on any atom is 0.287 e. The van der Waals surface area contributed by atoms with Crippen LogP contribution in [0.25, 0.3) is 0 Å². The molecule has 0 saturated carbocycles. The molecule has 1 aromatic rings. The molecule has 1 amide bonds. The summed E-state index contributed by atoms with van der Waals surface area (Å²) in [6, 6.07) is 3.26. The Hall–Kier alpha value is -0.850. The van der Waals surface area contributed by atoms with Crippen molar-refractivity contribution in [3.8, 4) is 0 Å². The van der Waals surface area contributed by atoms with Gasteiger partial charge in [0.25, 0.3) is 5.91 Å². The Morgan fingerprint density at radius 3 is 2.85 bits per heavy atom. The fraction of sp³-hybridized carbons (Fsp3) is 0.643. The number of amides is 1. The number of nitrogens with zero attached hydrogens (tertiary/aromatic N) is 1. The first-order valence-electron chi connectivity index (χ1n) is 6.98. The number of aliphatic hydroxyl groups is 1. The van der Waals surface area contributed by atoms with Crippen LogP contribution >= 0.6 is 15.9 Å². The summed E-state index contributed by atoms with van der Waals surface area (Å²) < 4.78 is 5.67. The molecule has 6 heteroatoms. The highest BCUT2D eigenvalue weighted by molar-refractivity contribution is 9.10. The van der Waals surface area contributed by atoms with Crippen LogP contribution < -0.4 is 5.32 Å². The predicted octanol–water partition coefficient (Wildman–Crippen LogP) is 1.86. The SMILES string of the molecule is CC1CCN(C[C@H](O)CNC(=O)c2ccc(Br)o2)CC1. The molecule has 1 aromatic heterocycles. The minimum atomic E-state index is -0.550. The summed E-state index contributed by atoms with van der Waals surface area (Å²) in [4.78, 5) is 14.0. The number of β-amino-alcohol motifs (C(OH)–C–C–N with tert-alkyl or cyclic N) is 1. The Morgan fingerprint density at radius 2 is 2.25 bits per heavy atom. The van der Waals surface area contributed by atoms with Crippen LogP contribution in [0, 0.1) is 5.92 Å². The molecule has 20 heavy (non-hydrogen) atoms. The lowest BCUT2D eigenvalue weighted by atomic mass is 9.99. The minimum Gasteiger partial charge on any atom is -0.444 e. The summed E-state index contributed by atoms with van der Waals surface area (Å²) in [5.74, 6) is 0.721. The molecule has 1 aliphatic rings. The zero-order valence-electron chi connectivity index (χ0n) is 11.6. The zero-order valence-corrected chi connectivity index (χ0v) is 13.2. The fourth-order valence-electron chi connectivity index (χ4n) is 2.34. The molecule has 0 unspecified atom stereocenters. The van der Waals surface area contributed by atoms with E-state index >= 15 is 0 Å². The average molecular weight is 345 g/mol. The van der Waals surface area contributed by atoms with Crippen molar-refractivity contribution in [1.29, 1.82) is 0 Å². The summed E-state index contributed by atoms with van der Waals surface area (Å²) in [7, 11) is 0. The van der Waals surface area contributed by atoms with Crippen molar-refractivity contribution < 1.29 is 14.3 Å². The molecule has 112 valence electrons. The van der Waals surface area contributed by atoms with E-state index in [0.29, 0.717) is 11.2 Å². The van der Waals surface area contributed by atoms with Crippen molar-refractivity contribution in [2.75, 3.05) is 26.2 Å². The van der Waals surface area contributed by atoms with Crippen LogP contribution in [0.15, 0.2) is 21.2 Å². The van der Waals surface area contributed by atoms with Crippen LogP contribution in [-0.4, -0.2) is 48.2 Å². The Bertz CT molecular complexity index is 441. The molecule has 0 aliphatic carbocycles. The van der Waals surface area contributed by atoms with E-state index in [0.717, 1.165) is 19.0 Å². The zero-order chi connectivity index (χ0) is 14.5. The molecular formula is C14H21BrN2O3. The van der Waals surface area contributed by atoms with Gasteiger partial charge in [0.05, 0.1) is 6.10 Å².